The van der Waals surface area contributed by atoms with Gasteiger partial charge in [-0.2, -0.15) is 0 Å². The van der Waals surface area contributed by atoms with Crippen molar-refractivity contribution in [3.05, 3.63) is 211 Å². The van der Waals surface area contributed by atoms with E-state index in [9.17, 15) is 14.4 Å². The zero-order valence-electron chi connectivity index (χ0n) is 30.5. The molecule has 0 aromatic heterocycles. The van der Waals surface area contributed by atoms with Gasteiger partial charge in [0.25, 0.3) is 17.7 Å². The van der Waals surface area contributed by atoms with Gasteiger partial charge in [0.15, 0.2) is 0 Å². The fourth-order valence-corrected chi connectivity index (χ4v) is 5.94. The molecule has 0 aliphatic heterocycles. The number of carbonyl (C=O) groups excluding carboxylic acids is 3. The van der Waals surface area contributed by atoms with Crippen LogP contribution in [0, 0.1) is 0 Å². The Balaban J connectivity index is 0.000000185. The van der Waals surface area contributed by atoms with Gasteiger partial charge in [0.2, 0.25) is 0 Å². The zero-order valence-corrected chi connectivity index (χ0v) is 30.5. The van der Waals surface area contributed by atoms with E-state index in [2.05, 4.69) is 24.3 Å². The largest absolute Gasteiger partial charge is 0.311 e. The molecule has 7 aromatic carbocycles. The predicted molar refractivity (Wildman–Crippen MR) is 221 cm³/mol. The highest BCUT2D eigenvalue weighted by molar-refractivity contribution is 6.07. The van der Waals surface area contributed by atoms with E-state index in [0.717, 1.165) is 33.8 Å². The van der Waals surface area contributed by atoms with E-state index in [1.54, 1.807) is 53.1 Å². The first kappa shape index (κ1) is 36.7. The van der Waals surface area contributed by atoms with Gasteiger partial charge in [-0.3, -0.25) is 14.4 Å². The van der Waals surface area contributed by atoms with Crippen molar-refractivity contribution in [1.29, 1.82) is 0 Å². The molecule has 0 spiro atoms. The van der Waals surface area contributed by atoms with E-state index < -0.39 is 0 Å². The Morgan fingerprint density at radius 3 is 0.815 bits per heavy atom. The van der Waals surface area contributed by atoms with Crippen LogP contribution in [0.4, 0.5) is 17.1 Å². The van der Waals surface area contributed by atoms with Crippen LogP contribution in [-0.2, 0) is 0 Å². The fourth-order valence-electron chi connectivity index (χ4n) is 5.94. The van der Waals surface area contributed by atoms with Crippen LogP contribution < -0.4 is 14.7 Å². The number of nitrogens with zero attached hydrogens (tertiary/aromatic N) is 3. The van der Waals surface area contributed by atoms with Gasteiger partial charge in [0, 0.05) is 54.9 Å². The molecular formula is C48H41N3O3. The van der Waals surface area contributed by atoms with Crippen molar-refractivity contribution in [3.8, 4) is 22.3 Å². The molecule has 0 radical (unpaired) electrons. The Hall–Kier alpha value is -7.05. The lowest BCUT2D eigenvalue weighted by Gasteiger charge is -2.21. The second-order valence-electron chi connectivity index (χ2n) is 12.7. The minimum absolute atomic E-state index is 0.0212. The molecule has 3 amide bonds. The van der Waals surface area contributed by atoms with Crippen LogP contribution in [0.5, 0.6) is 0 Å². The smallest absolute Gasteiger partial charge is 0.258 e. The van der Waals surface area contributed by atoms with Gasteiger partial charge >= 0.3 is 0 Å². The van der Waals surface area contributed by atoms with Crippen LogP contribution in [-0.4, -0.2) is 38.9 Å². The van der Waals surface area contributed by atoms with Crippen molar-refractivity contribution in [2.75, 3.05) is 35.8 Å². The minimum atomic E-state index is -0.0768. The van der Waals surface area contributed by atoms with E-state index in [-0.39, 0.29) is 17.7 Å². The van der Waals surface area contributed by atoms with Gasteiger partial charge in [-0.1, -0.05) is 121 Å². The Labute approximate surface area is 317 Å². The number of benzene rings is 7. The molecule has 0 heterocycles. The Kier molecular flexibility index (Phi) is 11.9. The van der Waals surface area contributed by atoms with Crippen LogP contribution in [0.2, 0.25) is 0 Å². The third kappa shape index (κ3) is 8.87. The number of carbonyl (C=O) groups is 3. The average Bonchev–Trinajstić information content (AvgIpc) is 3.26. The van der Waals surface area contributed by atoms with Crippen LogP contribution in [0.15, 0.2) is 194 Å². The molecule has 0 unspecified atom stereocenters. The maximum absolute atomic E-state index is 12.9. The van der Waals surface area contributed by atoms with Crippen LogP contribution in [0.25, 0.3) is 22.3 Å². The van der Waals surface area contributed by atoms with Gasteiger partial charge in [-0.25, -0.2) is 0 Å². The normalized spacial score (nSPS) is 10.4. The molecule has 7 aromatic rings. The van der Waals surface area contributed by atoms with Gasteiger partial charge in [0.05, 0.1) is 0 Å². The molecule has 0 atom stereocenters. The van der Waals surface area contributed by atoms with Crippen molar-refractivity contribution in [2.24, 2.45) is 0 Å². The molecule has 0 aliphatic rings. The van der Waals surface area contributed by atoms with Gasteiger partial charge < -0.3 is 14.7 Å². The Morgan fingerprint density at radius 1 is 0.278 bits per heavy atom. The Morgan fingerprint density at radius 2 is 0.500 bits per heavy atom. The molecule has 6 heteroatoms. The summed E-state index contributed by atoms with van der Waals surface area (Å²) in [6, 6.07) is 61.9. The summed E-state index contributed by atoms with van der Waals surface area (Å²) < 4.78 is 0. The molecule has 0 saturated carbocycles. The van der Waals surface area contributed by atoms with Crippen LogP contribution in [0.1, 0.15) is 31.1 Å². The topological polar surface area (TPSA) is 60.9 Å². The highest BCUT2D eigenvalue weighted by Gasteiger charge is 2.17. The first-order chi connectivity index (χ1) is 26.3. The summed E-state index contributed by atoms with van der Waals surface area (Å²) in [7, 11) is 5.29. The molecule has 54 heavy (non-hydrogen) atoms. The van der Waals surface area contributed by atoms with Crippen LogP contribution >= 0.6 is 0 Å². The first-order valence-corrected chi connectivity index (χ1v) is 17.7. The summed E-state index contributed by atoms with van der Waals surface area (Å²) in [5.74, 6) is -0.175. The lowest BCUT2D eigenvalue weighted by Crippen LogP contribution is -2.27. The first-order valence-electron chi connectivity index (χ1n) is 17.7. The van der Waals surface area contributed by atoms with E-state index >= 15 is 0 Å². The van der Waals surface area contributed by atoms with Crippen LogP contribution in [0.3, 0.4) is 0 Å². The fraction of sp³-hybridized carbons (Fsp3) is 0.0625. The molecule has 0 fully saturated rings. The molecular weight excluding hydrogens is 667 g/mol. The lowest BCUT2D eigenvalue weighted by atomic mass is 10.0. The standard InChI is InChI=1S/C26H21NO.C22H20N2O2/c1-27(25-18-16-23(17-19-25)21-10-6-3-7-11-21)26(28)24-14-12-22(13-15-24)20-8-4-2-5-9-20;1-23(21(25)17-9-5-3-6-10-17)19-13-15-20(16-14-19)24(2)22(26)18-11-7-4-8-12-18/h2-19H,1H3;3-16H,1-2H3. The van der Waals surface area contributed by atoms with Gasteiger partial charge in [0.1, 0.15) is 0 Å². The summed E-state index contributed by atoms with van der Waals surface area (Å²) >= 11 is 0. The average molecular weight is 708 g/mol. The number of rotatable bonds is 8. The van der Waals surface area contributed by atoms with E-state index in [4.69, 9.17) is 0 Å². The second kappa shape index (κ2) is 17.4. The summed E-state index contributed by atoms with van der Waals surface area (Å²) in [6.45, 7) is 0. The molecule has 0 N–H and O–H groups in total. The minimum Gasteiger partial charge on any atom is -0.311 e. The molecule has 7 rings (SSSR count). The summed E-state index contributed by atoms with van der Waals surface area (Å²) in [5, 5.41) is 0. The van der Waals surface area contributed by atoms with Crippen molar-refractivity contribution < 1.29 is 14.4 Å². The number of amides is 3. The van der Waals surface area contributed by atoms with Crippen molar-refractivity contribution in [2.45, 2.75) is 0 Å². The van der Waals surface area contributed by atoms with Crippen molar-refractivity contribution in [3.63, 3.8) is 0 Å². The monoisotopic (exact) mass is 707 g/mol. The summed E-state index contributed by atoms with van der Waals surface area (Å²) in [4.78, 5) is 42.8. The van der Waals surface area contributed by atoms with Gasteiger partial charge in [-0.15, -0.1) is 0 Å². The highest BCUT2D eigenvalue weighted by Crippen LogP contribution is 2.25. The zero-order chi connectivity index (χ0) is 37.9. The quantitative estimate of drug-likeness (QED) is 0.158. The van der Waals surface area contributed by atoms with Gasteiger partial charge in [-0.05, 0) is 95.1 Å². The SMILES string of the molecule is CN(C(=O)c1ccc(-c2ccccc2)cc1)c1ccc(-c2ccccc2)cc1.CN(C(=O)c1ccccc1)c1ccc(N(C)C(=O)c2ccccc2)cc1. The lowest BCUT2D eigenvalue weighted by molar-refractivity contribution is 0.0984. The summed E-state index contributed by atoms with van der Waals surface area (Å²) in [5.41, 5.74) is 8.90. The van der Waals surface area contributed by atoms with E-state index in [1.807, 2.05) is 153 Å². The number of hydrogen-bond donors (Lipinski definition) is 0. The number of anilines is 3. The van der Waals surface area contributed by atoms with E-state index in [1.165, 1.54) is 5.56 Å². The second-order valence-corrected chi connectivity index (χ2v) is 12.7. The molecule has 6 nitrogen and oxygen atoms in total. The molecule has 0 saturated heterocycles. The van der Waals surface area contributed by atoms with E-state index in [0.29, 0.717) is 16.7 Å². The molecule has 266 valence electrons. The molecule has 0 bridgehead atoms. The molecule has 0 aliphatic carbocycles. The Bertz CT molecular complexity index is 2200. The predicted octanol–water partition coefficient (Wildman–Crippen LogP) is 10.5. The third-order valence-corrected chi connectivity index (χ3v) is 9.18. The highest BCUT2D eigenvalue weighted by atomic mass is 16.2. The third-order valence-electron chi connectivity index (χ3n) is 9.18. The maximum atomic E-state index is 12.9. The van der Waals surface area contributed by atoms with Crippen molar-refractivity contribution >= 4 is 34.8 Å². The van der Waals surface area contributed by atoms with Crippen molar-refractivity contribution in [1.82, 2.24) is 0 Å². The number of hydrogen-bond acceptors (Lipinski definition) is 3. The maximum Gasteiger partial charge on any atom is 0.258 e. The summed E-state index contributed by atoms with van der Waals surface area (Å²) in [6.07, 6.45) is 0.